The number of amides is 1. The molecule has 2 nitrogen and oxygen atoms in total. The van der Waals surface area contributed by atoms with Gasteiger partial charge >= 0.3 is 0 Å². The van der Waals surface area contributed by atoms with Crippen LogP contribution in [0.15, 0.2) is 30.3 Å². The summed E-state index contributed by atoms with van der Waals surface area (Å²) in [5.74, 6) is 0.371. The Bertz CT molecular complexity index is 609. The van der Waals surface area contributed by atoms with Crippen LogP contribution >= 0.6 is 0 Å². The van der Waals surface area contributed by atoms with Gasteiger partial charge in [-0.05, 0) is 67.3 Å². The number of rotatable bonds is 4. The highest BCUT2D eigenvalue weighted by Gasteiger charge is 2.65. The first-order chi connectivity index (χ1) is 10.5. The average Bonchev–Trinajstić information content (AvgIpc) is 2.46. The number of primary amides is 1. The van der Waals surface area contributed by atoms with E-state index in [0.717, 1.165) is 38.5 Å². The van der Waals surface area contributed by atoms with Crippen molar-refractivity contribution < 1.29 is 10.6 Å². The van der Waals surface area contributed by atoms with Crippen molar-refractivity contribution in [3.63, 3.8) is 0 Å². The molecule has 1 aromatic carbocycles. The SMILES string of the molecule is NC(=O)C12CC3C[C@@](CCF)(C1)C[C@](c1ccccc1)(C3)C2.[HH]. The minimum absolute atomic E-state index is 0. The molecule has 4 bridgehead atoms. The molecule has 1 amide bonds. The van der Waals surface area contributed by atoms with E-state index in [1.807, 2.05) is 6.07 Å². The molecular formula is C19H26FNO. The van der Waals surface area contributed by atoms with Crippen molar-refractivity contribution in [1.29, 1.82) is 0 Å². The lowest BCUT2D eigenvalue weighted by molar-refractivity contribution is -0.161. The lowest BCUT2D eigenvalue weighted by atomic mass is 9.38. The van der Waals surface area contributed by atoms with Gasteiger partial charge in [0.15, 0.2) is 0 Å². The Labute approximate surface area is 132 Å². The number of carbonyl (C=O) groups is 1. The second kappa shape index (κ2) is 4.56. The van der Waals surface area contributed by atoms with Gasteiger partial charge in [-0.3, -0.25) is 9.18 Å². The third-order valence-corrected chi connectivity index (χ3v) is 6.72. The van der Waals surface area contributed by atoms with Crippen LogP contribution in [0.25, 0.3) is 0 Å². The summed E-state index contributed by atoms with van der Waals surface area (Å²) in [6, 6.07) is 10.6. The minimum atomic E-state index is -0.398. The Balaban J connectivity index is 0.00000156. The lowest BCUT2D eigenvalue weighted by Gasteiger charge is -2.66. The standard InChI is InChI=1S/C19H24FNO.H2/c20-7-6-17-8-14-9-18(11-17,15-4-2-1-3-5-15)13-19(10-14,12-17)16(21)22;/h1-5,14H,6-13H2,(H2,21,22);1H/t14?,17-,18-,19?;/m1./s1. The Morgan fingerprint density at radius 1 is 1.18 bits per heavy atom. The lowest BCUT2D eigenvalue weighted by Crippen LogP contribution is -2.62. The van der Waals surface area contributed by atoms with Crippen LogP contribution in [0.3, 0.4) is 0 Å². The van der Waals surface area contributed by atoms with Gasteiger partial charge < -0.3 is 5.73 Å². The van der Waals surface area contributed by atoms with Crippen LogP contribution in [0.5, 0.6) is 0 Å². The third kappa shape index (κ3) is 1.87. The summed E-state index contributed by atoms with van der Waals surface area (Å²) in [6.07, 6.45) is 6.44. The van der Waals surface area contributed by atoms with Crippen molar-refractivity contribution in [2.45, 2.75) is 50.4 Å². The van der Waals surface area contributed by atoms with Gasteiger partial charge in [-0.1, -0.05) is 30.3 Å². The molecule has 4 aliphatic carbocycles. The minimum Gasteiger partial charge on any atom is -0.369 e. The van der Waals surface area contributed by atoms with Crippen LogP contribution in [0, 0.1) is 16.7 Å². The van der Waals surface area contributed by atoms with Crippen LogP contribution in [0.1, 0.15) is 51.9 Å². The van der Waals surface area contributed by atoms with Gasteiger partial charge in [-0.15, -0.1) is 0 Å². The summed E-state index contributed by atoms with van der Waals surface area (Å²) >= 11 is 0. The average molecular weight is 303 g/mol. The van der Waals surface area contributed by atoms with Crippen molar-refractivity contribution in [1.82, 2.24) is 0 Å². The maximum atomic E-state index is 13.2. The zero-order chi connectivity index (χ0) is 15.4. The van der Waals surface area contributed by atoms with Crippen molar-refractivity contribution in [2.75, 3.05) is 6.67 Å². The fraction of sp³-hybridized carbons (Fsp3) is 0.632. The topological polar surface area (TPSA) is 43.1 Å². The highest BCUT2D eigenvalue weighted by molar-refractivity contribution is 5.82. The molecule has 2 unspecified atom stereocenters. The van der Waals surface area contributed by atoms with E-state index in [4.69, 9.17) is 5.73 Å². The van der Waals surface area contributed by atoms with Crippen molar-refractivity contribution in [2.24, 2.45) is 22.5 Å². The van der Waals surface area contributed by atoms with Crippen LogP contribution in [-0.2, 0) is 10.2 Å². The van der Waals surface area contributed by atoms with Gasteiger partial charge in [0.05, 0.1) is 12.1 Å². The molecular weight excluding hydrogens is 277 g/mol. The van der Waals surface area contributed by atoms with E-state index in [0.29, 0.717) is 12.3 Å². The second-order valence-corrected chi connectivity index (χ2v) is 8.24. The number of hydrogen-bond acceptors (Lipinski definition) is 1. The van der Waals surface area contributed by atoms with Gasteiger partial charge in [0.25, 0.3) is 0 Å². The molecule has 5 rings (SSSR count). The van der Waals surface area contributed by atoms with Gasteiger partial charge in [-0.25, -0.2) is 0 Å². The first kappa shape index (κ1) is 14.2. The maximum Gasteiger partial charge on any atom is 0.223 e. The Morgan fingerprint density at radius 3 is 2.64 bits per heavy atom. The molecule has 120 valence electrons. The van der Waals surface area contributed by atoms with E-state index < -0.39 is 5.41 Å². The molecule has 0 heterocycles. The number of halogens is 1. The summed E-state index contributed by atoms with van der Waals surface area (Å²) in [4.78, 5) is 12.3. The zero-order valence-electron chi connectivity index (χ0n) is 13.0. The molecule has 1 aromatic rings. The Kier molecular flexibility index (Phi) is 2.95. The molecule has 4 fully saturated rings. The van der Waals surface area contributed by atoms with Gasteiger partial charge in [0, 0.05) is 1.43 Å². The number of nitrogens with two attached hydrogens (primary N) is 1. The van der Waals surface area contributed by atoms with Gasteiger partial charge in [0.2, 0.25) is 5.91 Å². The number of hydrogen-bond donors (Lipinski definition) is 1. The molecule has 0 saturated heterocycles. The monoisotopic (exact) mass is 303 g/mol. The molecule has 22 heavy (non-hydrogen) atoms. The quantitative estimate of drug-likeness (QED) is 0.898. The Hall–Kier alpha value is -1.38. The van der Waals surface area contributed by atoms with Crippen LogP contribution in [0.2, 0.25) is 0 Å². The predicted molar refractivity (Wildman–Crippen MR) is 86.1 cm³/mol. The highest BCUT2D eigenvalue weighted by atomic mass is 19.1. The number of benzene rings is 1. The van der Waals surface area contributed by atoms with E-state index >= 15 is 0 Å². The van der Waals surface area contributed by atoms with Crippen molar-refractivity contribution in [3.8, 4) is 0 Å². The molecule has 3 heteroatoms. The van der Waals surface area contributed by atoms with Crippen molar-refractivity contribution >= 4 is 5.91 Å². The first-order valence-electron chi connectivity index (χ1n) is 8.43. The fourth-order valence-electron chi connectivity index (χ4n) is 6.51. The summed E-state index contributed by atoms with van der Waals surface area (Å²) in [5.41, 5.74) is 6.80. The van der Waals surface area contributed by atoms with Crippen molar-refractivity contribution in [3.05, 3.63) is 35.9 Å². The first-order valence-corrected chi connectivity index (χ1v) is 8.43. The smallest absolute Gasteiger partial charge is 0.223 e. The van der Waals surface area contributed by atoms with Gasteiger partial charge in [-0.2, -0.15) is 0 Å². The molecule has 4 aliphatic rings. The Morgan fingerprint density at radius 2 is 1.95 bits per heavy atom. The van der Waals surface area contributed by atoms with E-state index in [1.165, 1.54) is 5.56 Å². The van der Waals surface area contributed by atoms with E-state index in [2.05, 4.69) is 24.3 Å². The number of carbonyl (C=O) groups excluding carboxylic acids is 1. The summed E-state index contributed by atoms with van der Waals surface area (Å²) in [7, 11) is 0. The molecule has 2 N–H and O–H groups in total. The third-order valence-electron chi connectivity index (χ3n) is 6.72. The summed E-state index contributed by atoms with van der Waals surface area (Å²) in [6.45, 7) is -0.285. The normalized spacial score (nSPS) is 42.5. The van der Waals surface area contributed by atoms with Gasteiger partial charge in [0.1, 0.15) is 0 Å². The highest BCUT2D eigenvalue weighted by Crippen LogP contribution is 2.70. The van der Waals surface area contributed by atoms with E-state index in [-0.39, 0.29) is 24.8 Å². The predicted octanol–water partition coefficient (Wildman–Crippen LogP) is 3.99. The van der Waals surface area contributed by atoms with E-state index in [1.54, 1.807) is 0 Å². The van der Waals surface area contributed by atoms with E-state index in [9.17, 15) is 9.18 Å². The van der Waals surface area contributed by atoms with Crippen LogP contribution in [0.4, 0.5) is 4.39 Å². The summed E-state index contributed by atoms with van der Waals surface area (Å²) in [5, 5.41) is 0. The second-order valence-electron chi connectivity index (χ2n) is 8.24. The van der Waals surface area contributed by atoms with Crippen LogP contribution < -0.4 is 5.73 Å². The molecule has 4 atom stereocenters. The molecule has 0 aliphatic heterocycles. The summed E-state index contributed by atoms with van der Waals surface area (Å²) < 4.78 is 13.2. The molecule has 0 spiro atoms. The van der Waals surface area contributed by atoms with Crippen LogP contribution in [-0.4, -0.2) is 12.6 Å². The fourth-order valence-corrected chi connectivity index (χ4v) is 6.51. The molecule has 4 saturated carbocycles. The molecule has 0 radical (unpaired) electrons. The maximum absolute atomic E-state index is 13.2. The zero-order valence-corrected chi connectivity index (χ0v) is 13.0. The largest absolute Gasteiger partial charge is 0.369 e. The molecule has 0 aromatic heterocycles. The number of alkyl halides is 1.